The molecule has 2 aromatic carbocycles. The Hall–Kier alpha value is -4.32. The van der Waals surface area contributed by atoms with Gasteiger partial charge in [0.15, 0.2) is 0 Å². The van der Waals surface area contributed by atoms with Gasteiger partial charge in [-0.2, -0.15) is 5.10 Å². The number of aromatic amines is 1. The SMILES string of the molecule is CCCCN1CCNc2c(-c3ncco3)cc(C(=O)NC(Cc3cc(F)cc(F)c3)C(O)CCc3ncn[nH]3)cc21. The molecule has 3 heterocycles. The molecular formula is C29H33F2N7O3. The van der Waals surface area contributed by atoms with Crippen LogP contribution in [0.3, 0.4) is 0 Å². The summed E-state index contributed by atoms with van der Waals surface area (Å²) < 4.78 is 33.5. The third kappa shape index (κ3) is 6.88. The average Bonchev–Trinajstić information content (AvgIpc) is 3.68. The highest BCUT2D eigenvalue weighted by Gasteiger charge is 2.27. The van der Waals surface area contributed by atoms with Crippen LogP contribution in [0, 0.1) is 11.6 Å². The summed E-state index contributed by atoms with van der Waals surface area (Å²) in [6.45, 7) is 4.47. The van der Waals surface area contributed by atoms with E-state index in [1.54, 1.807) is 12.3 Å². The van der Waals surface area contributed by atoms with Crippen LogP contribution < -0.4 is 15.5 Å². The van der Waals surface area contributed by atoms with E-state index in [4.69, 9.17) is 4.42 Å². The van der Waals surface area contributed by atoms with Crippen molar-refractivity contribution in [2.24, 2.45) is 0 Å². The molecule has 4 aromatic rings. The number of hydrogen-bond donors (Lipinski definition) is 4. The van der Waals surface area contributed by atoms with Crippen LogP contribution >= 0.6 is 0 Å². The molecule has 0 saturated carbocycles. The van der Waals surface area contributed by atoms with Crippen LogP contribution in [0.4, 0.5) is 20.2 Å². The molecule has 4 N–H and O–H groups in total. The van der Waals surface area contributed by atoms with Gasteiger partial charge in [0.05, 0.1) is 35.3 Å². The van der Waals surface area contributed by atoms with Crippen molar-refractivity contribution in [2.45, 2.75) is 51.2 Å². The van der Waals surface area contributed by atoms with Crippen molar-refractivity contribution in [1.29, 1.82) is 0 Å². The van der Waals surface area contributed by atoms with E-state index < -0.39 is 29.7 Å². The second-order valence-electron chi connectivity index (χ2n) is 10.1. The van der Waals surface area contributed by atoms with Crippen molar-refractivity contribution in [3.05, 3.63) is 77.7 Å². The lowest BCUT2D eigenvalue weighted by Gasteiger charge is -2.33. The Morgan fingerprint density at radius 3 is 2.73 bits per heavy atom. The number of benzene rings is 2. The number of aliphatic hydroxyl groups excluding tert-OH is 1. The molecule has 216 valence electrons. The second kappa shape index (κ2) is 12.9. The van der Waals surface area contributed by atoms with Gasteiger partial charge in [0, 0.05) is 37.7 Å². The first-order valence-electron chi connectivity index (χ1n) is 13.8. The molecule has 1 aliphatic heterocycles. The van der Waals surface area contributed by atoms with Crippen LogP contribution in [-0.4, -0.2) is 63.0 Å². The predicted molar refractivity (Wildman–Crippen MR) is 150 cm³/mol. The Morgan fingerprint density at radius 2 is 2.02 bits per heavy atom. The second-order valence-corrected chi connectivity index (χ2v) is 10.1. The van der Waals surface area contributed by atoms with Gasteiger partial charge in [-0.25, -0.2) is 18.7 Å². The maximum atomic E-state index is 14.0. The number of amides is 1. The molecular weight excluding hydrogens is 532 g/mol. The van der Waals surface area contributed by atoms with Gasteiger partial charge in [-0.05, 0) is 49.1 Å². The van der Waals surface area contributed by atoms with Gasteiger partial charge in [-0.1, -0.05) is 13.3 Å². The van der Waals surface area contributed by atoms with Crippen LogP contribution in [0.15, 0.2) is 53.5 Å². The summed E-state index contributed by atoms with van der Waals surface area (Å²) in [5.41, 5.74) is 3.01. The Balaban J connectivity index is 1.45. The monoisotopic (exact) mass is 565 g/mol. The minimum absolute atomic E-state index is 0.0136. The van der Waals surface area contributed by atoms with Crippen molar-refractivity contribution in [1.82, 2.24) is 25.5 Å². The largest absolute Gasteiger partial charge is 0.444 e. The molecule has 5 rings (SSSR count). The Morgan fingerprint density at radius 1 is 1.20 bits per heavy atom. The maximum Gasteiger partial charge on any atom is 0.251 e. The molecule has 0 saturated heterocycles. The van der Waals surface area contributed by atoms with Gasteiger partial charge < -0.3 is 25.1 Å². The van der Waals surface area contributed by atoms with E-state index in [-0.39, 0.29) is 12.8 Å². The first kappa shape index (κ1) is 28.2. The quantitative estimate of drug-likeness (QED) is 0.202. The number of carbonyl (C=O) groups is 1. The number of halogens is 2. The number of hydrogen-bond acceptors (Lipinski definition) is 8. The number of nitrogens with one attached hydrogen (secondary N) is 3. The lowest BCUT2D eigenvalue weighted by molar-refractivity contribution is 0.0814. The summed E-state index contributed by atoms with van der Waals surface area (Å²) in [5, 5.41) is 24.0. The summed E-state index contributed by atoms with van der Waals surface area (Å²) in [6, 6.07) is 5.86. The number of fused-ring (bicyclic) bond motifs is 1. The summed E-state index contributed by atoms with van der Waals surface area (Å²) in [5.74, 6) is -0.949. The highest BCUT2D eigenvalue weighted by molar-refractivity contribution is 6.00. The van der Waals surface area contributed by atoms with Crippen molar-refractivity contribution in [3.8, 4) is 11.5 Å². The lowest BCUT2D eigenvalue weighted by Crippen LogP contribution is -2.45. The van der Waals surface area contributed by atoms with Crippen LogP contribution in [0.5, 0.6) is 0 Å². The van der Waals surface area contributed by atoms with Gasteiger partial charge in [0.25, 0.3) is 5.91 Å². The molecule has 1 amide bonds. The molecule has 41 heavy (non-hydrogen) atoms. The summed E-state index contributed by atoms with van der Waals surface area (Å²) in [6.07, 6.45) is 6.00. The van der Waals surface area contributed by atoms with Crippen LogP contribution in [-0.2, 0) is 12.8 Å². The first-order chi connectivity index (χ1) is 19.9. The molecule has 0 bridgehead atoms. The normalized spacial score (nSPS) is 14.3. The third-order valence-electron chi connectivity index (χ3n) is 7.15. The number of rotatable bonds is 12. The molecule has 0 spiro atoms. The topological polar surface area (TPSA) is 132 Å². The molecule has 2 atom stereocenters. The smallest absolute Gasteiger partial charge is 0.251 e. The van der Waals surface area contributed by atoms with Crippen molar-refractivity contribution in [2.75, 3.05) is 29.9 Å². The lowest BCUT2D eigenvalue weighted by atomic mass is 9.96. The van der Waals surface area contributed by atoms with Gasteiger partial charge in [0.1, 0.15) is 30.0 Å². The van der Waals surface area contributed by atoms with E-state index in [2.05, 4.69) is 42.6 Å². The molecule has 2 aromatic heterocycles. The average molecular weight is 566 g/mol. The summed E-state index contributed by atoms with van der Waals surface area (Å²) in [4.78, 5) is 24.4. The van der Waals surface area contributed by atoms with Gasteiger partial charge >= 0.3 is 0 Å². The van der Waals surface area contributed by atoms with Gasteiger partial charge in [-0.3, -0.25) is 9.89 Å². The number of carbonyl (C=O) groups excluding carboxylic acids is 1. The van der Waals surface area contributed by atoms with E-state index in [1.807, 2.05) is 6.07 Å². The Bertz CT molecular complexity index is 1430. The van der Waals surface area contributed by atoms with E-state index in [9.17, 15) is 18.7 Å². The van der Waals surface area contributed by atoms with Gasteiger partial charge in [-0.15, -0.1) is 0 Å². The Kier molecular flexibility index (Phi) is 8.88. The van der Waals surface area contributed by atoms with E-state index in [0.29, 0.717) is 34.8 Å². The fourth-order valence-electron chi connectivity index (χ4n) is 5.09. The minimum atomic E-state index is -1.04. The first-order valence-corrected chi connectivity index (χ1v) is 13.8. The number of aryl methyl sites for hydroxylation is 1. The predicted octanol–water partition coefficient (Wildman–Crippen LogP) is 4.10. The number of aromatic nitrogens is 4. The summed E-state index contributed by atoms with van der Waals surface area (Å²) in [7, 11) is 0. The molecule has 0 radical (unpaired) electrons. The van der Waals surface area contributed by atoms with E-state index in [1.165, 1.54) is 24.7 Å². The summed E-state index contributed by atoms with van der Waals surface area (Å²) >= 11 is 0. The van der Waals surface area contributed by atoms with E-state index in [0.717, 1.165) is 49.9 Å². The van der Waals surface area contributed by atoms with E-state index >= 15 is 0 Å². The Labute approximate surface area is 236 Å². The fraction of sp³-hybridized carbons (Fsp3) is 0.379. The number of nitrogens with zero attached hydrogens (tertiary/aromatic N) is 4. The third-order valence-corrected chi connectivity index (χ3v) is 7.15. The van der Waals surface area contributed by atoms with Crippen LogP contribution in [0.1, 0.15) is 47.9 Å². The molecule has 12 heteroatoms. The van der Waals surface area contributed by atoms with Crippen LogP contribution in [0.25, 0.3) is 11.5 Å². The fourth-order valence-corrected chi connectivity index (χ4v) is 5.09. The van der Waals surface area contributed by atoms with Gasteiger partial charge in [0.2, 0.25) is 5.89 Å². The van der Waals surface area contributed by atoms with Crippen molar-refractivity contribution < 1.29 is 23.1 Å². The zero-order valence-corrected chi connectivity index (χ0v) is 22.7. The standard InChI is InChI=1S/C29H33F2N7O3/c1-2-3-8-38-9-6-32-27-22(29-33-7-10-41-29)14-19(15-24(27)38)28(40)36-23(13-18-11-20(30)16-21(31)12-18)25(39)4-5-26-34-17-35-37-26/h7,10-12,14-17,23,25,32,39H,2-6,8-9,13H2,1H3,(H,36,40)(H,34,35,37). The van der Waals surface area contributed by atoms with Crippen molar-refractivity contribution >= 4 is 17.3 Å². The molecule has 0 aliphatic carbocycles. The molecule has 2 unspecified atom stereocenters. The number of oxazole rings is 1. The molecule has 0 fully saturated rings. The maximum absolute atomic E-state index is 14.0. The number of H-pyrrole nitrogens is 1. The minimum Gasteiger partial charge on any atom is -0.444 e. The van der Waals surface area contributed by atoms with Crippen molar-refractivity contribution in [3.63, 3.8) is 0 Å². The van der Waals surface area contributed by atoms with Crippen LogP contribution in [0.2, 0.25) is 0 Å². The molecule has 10 nitrogen and oxygen atoms in total. The zero-order valence-electron chi connectivity index (χ0n) is 22.7. The zero-order chi connectivity index (χ0) is 28.8. The number of anilines is 2. The highest BCUT2D eigenvalue weighted by atomic mass is 19.1. The number of aliphatic hydroxyl groups is 1. The number of unbranched alkanes of at least 4 members (excludes halogenated alkanes) is 1. The molecule has 1 aliphatic rings. The highest BCUT2D eigenvalue weighted by Crippen LogP contribution is 2.39.